The molecule has 2 N–H and O–H groups in total. The number of nitrogens with two attached hydrogens (primary N) is 1. The summed E-state index contributed by atoms with van der Waals surface area (Å²) in [6, 6.07) is 4.97. The zero-order valence-corrected chi connectivity index (χ0v) is 9.69. The van der Waals surface area contributed by atoms with Gasteiger partial charge in [-0.2, -0.15) is 11.8 Å². The van der Waals surface area contributed by atoms with Crippen molar-refractivity contribution < 1.29 is 4.39 Å². The second kappa shape index (κ2) is 4.54. The molecule has 1 aromatic carbocycles. The highest BCUT2D eigenvalue weighted by molar-refractivity contribution is 7.99. The Morgan fingerprint density at radius 3 is 2.93 bits per heavy atom. The fraction of sp³-hybridized carbons (Fsp3) is 0.500. The Hall–Kier alpha value is -0.540. The highest BCUT2D eigenvalue weighted by Crippen LogP contribution is 2.33. The van der Waals surface area contributed by atoms with E-state index in [2.05, 4.69) is 0 Å². The lowest BCUT2D eigenvalue weighted by molar-refractivity contribution is 0.479. The monoisotopic (exact) mass is 225 g/mol. The lowest BCUT2D eigenvalue weighted by Crippen LogP contribution is -2.22. The first kappa shape index (κ1) is 11.0. The quantitative estimate of drug-likeness (QED) is 0.837. The van der Waals surface area contributed by atoms with E-state index >= 15 is 0 Å². The van der Waals surface area contributed by atoms with Crippen molar-refractivity contribution in [1.82, 2.24) is 0 Å². The van der Waals surface area contributed by atoms with Crippen LogP contribution in [0, 0.1) is 18.7 Å². The summed E-state index contributed by atoms with van der Waals surface area (Å²) < 4.78 is 12.9. The Morgan fingerprint density at radius 1 is 1.53 bits per heavy atom. The predicted octanol–water partition coefficient (Wildman–Crippen LogP) is 2.89. The van der Waals surface area contributed by atoms with E-state index in [9.17, 15) is 4.39 Å². The van der Waals surface area contributed by atoms with Crippen molar-refractivity contribution in [2.45, 2.75) is 19.4 Å². The van der Waals surface area contributed by atoms with Crippen LogP contribution < -0.4 is 5.73 Å². The third kappa shape index (κ3) is 2.34. The minimum atomic E-state index is -0.177. The van der Waals surface area contributed by atoms with E-state index in [1.165, 1.54) is 18.2 Å². The fourth-order valence-electron chi connectivity index (χ4n) is 2.10. The van der Waals surface area contributed by atoms with E-state index < -0.39 is 0 Å². The van der Waals surface area contributed by atoms with E-state index in [0.29, 0.717) is 5.92 Å². The summed E-state index contributed by atoms with van der Waals surface area (Å²) in [7, 11) is 0. The van der Waals surface area contributed by atoms with Crippen LogP contribution >= 0.6 is 11.8 Å². The van der Waals surface area contributed by atoms with Gasteiger partial charge in [-0.05, 0) is 54.0 Å². The van der Waals surface area contributed by atoms with Crippen LogP contribution in [0.2, 0.25) is 0 Å². The largest absolute Gasteiger partial charge is 0.324 e. The van der Waals surface area contributed by atoms with E-state index in [-0.39, 0.29) is 11.9 Å². The molecular weight excluding hydrogens is 209 g/mol. The van der Waals surface area contributed by atoms with Gasteiger partial charge in [0, 0.05) is 6.04 Å². The van der Waals surface area contributed by atoms with Gasteiger partial charge in [0.2, 0.25) is 0 Å². The van der Waals surface area contributed by atoms with Crippen molar-refractivity contribution in [2.75, 3.05) is 11.5 Å². The van der Waals surface area contributed by atoms with Crippen LogP contribution in [-0.2, 0) is 0 Å². The van der Waals surface area contributed by atoms with Crippen molar-refractivity contribution in [2.24, 2.45) is 11.7 Å². The van der Waals surface area contributed by atoms with Crippen molar-refractivity contribution in [3.63, 3.8) is 0 Å². The van der Waals surface area contributed by atoms with Crippen LogP contribution in [0.3, 0.4) is 0 Å². The Morgan fingerprint density at radius 2 is 2.33 bits per heavy atom. The highest BCUT2D eigenvalue weighted by atomic mass is 32.2. The van der Waals surface area contributed by atoms with Gasteiger partial charge in [0.15, 0.2) is 0 Å². The third-order valence-electron chi connectivity index (χ3n) is 3.06. The average Bonchev–Trinajstić information content (AvgIpc) is 2.69. The van der Waals surface area contributed by atoms with Crippen molar-refractivity contribution >= 4 is 11.8 Å². The number of aryl methyl sites for hydroxylation is 1. The van der Waals surface area contributed by atoms with Crippen LogP contribution in [0.5, 0.6) is 0 Å². The molecule has 2 atom stereocenters. The second-order valence-electron chi connectivity index (χ2n) is 4.15. The summed E-state index contributed by atoms with van der Waals surface area (Å²) in [5, 5.41) is 0. The molecule has 1 fully saturated rings. The first-order valence-corrected chi connectivity index (χ1v) is 6.43. The van der Waals surface area contributed by atoms with Gasteiger partial charge in [-0.3, -0.25) is 0 Å². The molecule has 82 valence electrons. The molecule has 1 nitrogen and oxygen atoms in total. The van der Waals surface area contributed by atoms with Crippen LogP contribution in [0.15, 0.2) is 18.2 Å². The molecule has 2 unspecified atom stereocenters. The molecule has 1 aromatic rings. The summed E-state index contributed by atoms with van der Waals surface area (Å²) in [5.41, 5.74) is 8.29. The maximum Gasteiger partial charge on any atom is 0.123 e. The summed E-state index contributed by atoms with van der Waals surface area (Å²) in [6.45, 7) is 1.93. The van der Waals surface area contributed by atoms with Crippen LogP contribution in [0.4, 0.5) is 4.39 Å². The van der Waals surface area contributed by atoms with Crippen LogP contribution in [0.1, 0.15) is 23.6 Å². The Balaban J connectivity index is 2.20. The topological polar surface area (TPSA) is 26.0 Å². The first-order chi connectivity index (χ1) is 7.18. The van der Waals surface area contributed by atoms with Gasteiger partial charge in [0.1, 0.15) is 5.82 Å². The fourth-order valence-corrected chi connectivity index (χ4v) is 3.42. The second-order valence-corrected chi connectivity index (χ2v) is 5.30. The third-order valence-corrected chi connectivity index (χ3v) is 4.25. The minimum Gasteiger partial charge on any atom is -0.324 e. The van der Waals surface area contributed by atoms with Crippen molar-refractivity contribution in [1.29, 1.82) is 0 Å². The summed E-state index contributed by atoms with van der Waals surface area (Å²) in [5.74, 6) is 2.72. The molecule has 15 heavy (non-hydrogen) atoms. The summed E-state index contributed by atoms with van der Waals surface area (Å²) in [4.78, 5) is 0. The zero-order chi connectivity index (χ0) is 10.8. The van der Waals surface area contributed by atoms with Gasteiger partial charge in [-0.15, -0.1) is 0 Å². The molecule has 0 saturated carbocycles. The lowest BCUT2D eigenvalue weighted by atomic mass is 9.91. The van der Waals surface area contributed by atoms with Gasteiger partial charge in [-0.25, -0.2) is 4.39 Å². The van der Waals surface area contributed by atoms with Crippen LogP contribution in [0.25, 0.3) is 0 Å². The number of halogens is 1. The number of thioether (sulfide) groups is 1. The van der Waals surface area contributed by atoms with Gasteiger partial charge >= 0.3 is 0 Å². The van der Waals surface area contributed by atoms with Gasteiger partial charge in [-0.1, -0.05) is 6.07 Å². The molecule has 0 aromatic heterocycles. The molecule has 2 rings (SSSR count). The Bertz CT molecular complexity index is 347. The van der Waals surface area contributed by atoms with E-state index in [1.54, 1.807) is 6.07 Å². The SMILES string of the molecule is Cc1cc(F)ccc1C(N)C1CCSC1. The molecular formula is C12H16FNS. The molecule has 1 saturated heterocycles. The maximum absolute atomic E-state index is 12.9. The molecule has 1 aliphatic rings. The minimum absolute atomic E-state index is 0.0700. The molecule has 1 aliphatic heterocycles. The molecule has 0 amide bonds. The van der Waals surface area contributed by atoms with Gasteiger partial charge < -0.3 is 5.73 Å². The number of benzene rings is 1. The zero-order valence-electron chi connectivity index (χ0n) is 8.87. The van der Waals surface area contributed by atoms with Crippen molar-refractivity contribution in [3.05, 3.63) is 35.1 Å². The Labute approximate surface area is 94.2 Å². The molecule has 1 heterocycles. The summed E-state index contributed by atoms with van der Waals surface area (Å²) in [6.07, 6.45) is 1.18. The number of rotatable bonds is 2. The molecule has 0 radical (unpaired) electrons. The van der Waals surface area contributed by atoms with E-state index in [4.69, 9.17) is 5.73 Å². The molecule has 0 bridgehead atoms. The Kier molecular flexibility index (Phi) is 3.32. The van der Waals surface area contributed by atoms with E-state index in [1.807, 2.05) is 24.8 Å². The van der Waals surface area contributed by atoms with Gasteiger partial charge in [0.25, 0.3) is 0 Å². The molecule has 0 spiro atoms. The highest BCUT2D eigenvalue weighted by Gasteiger charge is 2.24. The normalized spacial score (nSPS) is 23.0. The van der Waals surface area contributed by atoms with E-state index in [0.717, 1.165) is 16.9 Å². The lowest BCUT2D eigenvalue weighted by Gasteiger charge is -2.20. The van der Waals surface area contributed by atoms with Gasteiger partial charge in [0.05, 0.1) is 0 Å². The number of hydrogen-bond donors (Lipinski definition) is 1. The van der Waals surface area contributed by atoms with Crippen molar-refractivity contribution in [3.8, 4) is 0 Å². The molecule has 3 heteroatoms. The number of hydrogen-bond acceptors (Lipinski definition) is 2. The smallest absolute Gasteiger partial charge is 0.123 e. The average molecular weight is 225 g/mol. The molecule has 0 aliphatic carbocycles. The van der Waals surface area contributed by atoms with Crippen LogP contribution in [-0.4, -0.2) is 11.5 Å². The standard InChI is InChI=1S/C12H16FNS/c1-8-6-10(13)2-3-11(8)12(14)9-4-5-15-7-9/h2-3,6,9,12H,4-5,7,14H2,1H3. The summed E-state index contributed by atoms with van der Waals surface area (Å²) >= 11 is 1.96. The first-order valence-electron chi connectivity index (χ1n) is 5.28. The maximum atomic E-state index is 12.9. The predicted molar refractivity (Wildman–Crippen MR) is 63.5 cm³/mol.